The molecule has 1 saturated heterocycles. The summed E-state index contributed by atoms with van der Waals surface area (Å²) in [6, 6.07) is 5.73. The van der Waals surface area contributed by atoms with Gasteiger partial charge in [0.15, 0.2) is 0 Å². The van der Waals surface area contributed by atoms with Crippen LogP contribution < -0.4 is 5.32 Å². The lowest BCUT2D eigenvalue weighted by Crippen LogP contribution is -2.61. The van der Waals surface area contributed by atoms with Crippen LogP contribution in [0.4, 0.5) is 4.39 Å². The zero-order valence-electron chi connectivity index (χ0n) is 11.7. The topological polar surface area (TPSA) is 49.4 Å². The largest absolute Gasteiger partial charge is 0.345 e. The van der Waals surface area contributed by atoms with Crippen LogP contribution in [0.1, 0.15) is 25.8 Å². The van der Waals surface area contributed by atoms with Crippen molar-refractivity contribution in [3.63, 3.8) is 0 Å². The maximum Gasteiger partial charge on any atom is 0.243 e. The minimum atomic E-state index is -0.410. The van der Waals surface area contributed by atoms with E-state index in [-0.39, 0.29) is 30.2 Å². The Morgan fingerprint density at radius 3 is 2.60 bits per heavy atom. The van der Waals surface area contributed by atoms with Gasteiger partial charge in [0.25, 0.3) is 0 Å². The van der Waals surface area contributed by atoms with E-state index < -0.39 is 6.04 Å². The molecule has 2 atom stereocenters. The van der Waals surface area contributed by atoms with Gasteiger partial charge in [0.1, 0.15) is 11.9 Å². The molecule has 20 heavy (non-hydrogen) atoms. The van der Waals surface area contributed by atoms with E-state index in [0.717, 1.165) is 5.56 Å². The highest BCUT2D eigenvalue weighted by Gasteiger charge is 2.35. The zero-order chi connectivity index (χ0) is 14.7. The highest BCUT2D eigenvalue weighted by Crippen LogP contribution is 2.17. The van der Waals surface area contributed by atoms with Gasteiger partial charge >= 0.3 is 0 Å². The first kappa shape index (κ1) is 14.5. The molecular weight excluding hydrogens is 259 g/mol. The molecule has 0 bridgehead atoms. The van der Waals surface area contributed by atoms with Crippen molar-refractivity contribution in [2.75, 3.05) is 6.54 Å². The van der Waals surface area contributed by atoms with Crippen molar-refractivity contribution in [3.05, 3.63) is 35.6 Å². The molecule has 0 spiro atoms. The van der Waals surface area contributed by atoms with E-state index in [9.17, 15) is 14.0 Å². The number of amides is 2. The van der Waals surface area contributed by atoms with Gasteiger partial charge in [0.05, 0.1) is 6.54 Å². The third-order valence-electron chi connectivity index (χ3n) is 3.65. The number of hydrogen-bond acceptors (Lipinski definition) is 2. The van der Waals surface area contributed by atoms with Crippen molar-refractivity contribution in [2.45, 2.75) is 38.8 Å². The van der Waals surface area contributed by atoms with E-state index in [2.05, 4.69) is 5.32 Å². The molecule has 1 aliphatic rings. The van der Waals surface area contributed by atoms with Crippen molar-refractivity contribution < 1.29 is 14.0 Å². The highest BCUT2D eigenvalue weighted by atomic mass is 19.1. The van der Waals surface area contributed by atoms with E-state index in [0.29, 0.717) is 12.8 Å². The molecule has 0 radical (unpaired) electrons. The van der Waals surface area contributed by atoms with Gasteiger partial charge in [-0.15, -0.1) is 0 Å². The van der Waals surface area contributed by atoms with E-state index in [4.69, 9.17) is 0 Å². The van der Waals surface area contributed by atoms with Gasteiger partial charge in [-0.3, -0.25) is 9.59 Å². The minimum Gasteiger partial charge on any atom is -0.345 e. The summed E-state index contributed by atoms with van der Waals surface area (Å²) >= 11 is 0. The molecule has 2 rings (SSSR count). The molecule has 1 aromatic rings. The molecule has 2 unspecified atom stereocenters. The lowest BCUT2D eigenvalue weighted by atomic mass is 10.0. The van der Waals surface area contributed by atoms with Crippen LogP contribution in [-0.4, -0.2) is 35.3 Å². The summed E-state index contributed by atoms with van der Waals surface area (Å²) in [6.07, 6.45) is 1.20. The number of nitrogens with zero attached hydrogens (tertiary/aromatic N) is 1. The third kappa shape index (κ3) is 2.98. The molecule has 0 aromatic heterocycles. The van der Waals surface area contributed by atoms with Crippen LogP contribution >= 0.6 is 0 Å². The lowest BCUT2D eigenvalue weighted by molar-refractivity contribution is -0.148. The summed E-state index contributed by atoms with van der Waals surface area (Å²) in [6.45, 7) is 3.87. The molecule has 1 aliphatic heterocycles. The fourth-order valence-corrected chi connectivity index (χ4v) is 2.67. The van der Waals surface area contributed by atoms with Gasteiger partial charge < -0.3 is 10.2 Å². The van der Waals surface area contributed by atoms with Crippen LogP contribution in [0, 0.1) is 5.82 Å². The molecule has 0 aliphatic carbocycles. The highest BCUT2D eigenvalue weighted by molar-refractivity contribution is 5.94. The number of nitrogens with one attached hydrogen (secondary N) is 1. The standard InChI is InChI=1S/C15H19FN2O2/c1-3-13-15(20)17-9-14(19)18(13)10(2)8-11-4-6-12(16)7-5-11/h4-7,10,13H,3,8-9H2,1-2H3,(H,17,20). The molecule has 1 N–H and O–H groups in total. The fourth-order valence-electron chi connectivity index (χ4n) is 2.67. The van der Waals surface area contributed by atoms with E-state index in [1.165, 1.54) is 12.1 Å². The summed E-state index contributed by atoms with van der Waals surface area (Å²) in [5.41, 5.74) is 0.951. The Morgan fingerprint density at radius 1 is 1.35 bits per heavy atom. The number of hydrogen-bond donors (Lipinski definition) is 1. The summed E-state index contributed by atoms with van der Waals surface area (Å²) in [5.74, 6) is -0.439. The van der Waals surface area contributed by atoms with Crippen LogP contribution in [0.3, 0.4) is 0 Å². The van der Waals surface area contributed by atoms with Gasteiger partial charge in [0.2, 0.25) is 11.8 Å². The number of rotatable bonds is 4. The van der Waals surface area contributed by atoms with Gasteiger partial charge in [-0.1, -0.05) is 19.1 Å². The molecule has 1 heterocycles. The molecule has 0 saturated carbocycles. The Kier molecular flexibility index (Phi) is 4.37. The number of piperazine rings is 1. The van der Waals surface area contributed by atoms with Crippen molar-refractivity contribution in [2.24, 2.45) is 0 Å². The second-order valence-electron chi connectivity index (χ2n) is 5.12. The average Bonchev–Trinajstić information content (AvgIpc) is 2.43. The summed E-state index contributed by atoms with van der Waals surface area (Å²) < 4.78 is 12.9. The fraction of sp³-hybridized carbons (Fsp3) is 0.467. The Morgan fingerprint density at radius 2 is 2.00 bits per heavy atom. The zero-order valence-corrected chi connectivity index (χ0v) is 11.7. The van der Waals surface area contributed by atoms with Crippen LogP contribution in [0.15, 0.2) is 24.3 Å². The maximum absolute atomic E-state index is 12.9. The molecule has 5 heteroatoms. The first-order valence-electron chi connectivity index (χ1n) is 6.86. The SMILES string of the molecule is CCC1C(=O)NCC(=O)N1C(C)Cc1ccc(F)cc1. The molecule has 1 fully saturated rings. The molecule has 1 aromatic carbocycles. The van der Waals surface area contributed by atoms with Gasteiger partial charge in [0, 0.05) is 6.04 Å². The van der Waals surface area contributed by atoms with Crippen molar-refractivity contribution in [1.29, 1.82) is 0 Å². The summed E-state index contributed by atoms with van der Waals surface area (Å²) in [5, 5.41) is 2.61. The first-order chi connectivity index (χ1) is 9.52. The van der Waals surface area contributed by atoms with Gasteiger partial charge in [-0.05, 0) is 37.5 Å². The predicted octanol–water partition coefficient (Wildman–Crippen LogP) is 1.49. The smallest absolute Gasteiger partial charge is 0.243 e. The van der Waals surface area contributed by atoms with Crippen molar-refractivity contribution >= 4 is 11.8 Å². The minimum absolute atomic E-state index is 0.0586. The number of carbonyl (C=O) groups is 2. The summed E-state index contributed by atoms with van der Waals surface area (Å²) in [7, 11) is 0. The Hall–Kier alpha value is -1.91. The molecule has 2 amide bonds. The summed E-state index contributed by atoms with van der Waals surface area (Å²) in [4.78, 5) is 25.5. The number of halogens is 1. The van der Waals surface area contributed by atoms with Crippen molar-refractivity contribution in [1.82, 2.24) is 10.2 Å². The Balaban J connectivity index is 2.13. The monoisotopic (exact) mass is 278 g/mol. The van der Waals surface area contributed by atoms with Crippen molar-refractivity contribution in [3.8, 4) is 0 Å². The van der Waals surface area contributed by atoms with Crippen LogP contribution in [0.25, 0.3) is 0 Å². The van der Waals surface area contributed by atoms with E-state index >= 15 is 0 Å². The van der Waals surface area contributed by atoms with Crippen LogP contribution in [-0.2, 0) is 16.0 Å². The Labute approximate surface area is 118 Å². The third-order valence-corrected chi connectivity index (χ3v) is 3.65. The predicted molar refractivity (Wildman–Crippen MR) is 73.5 cm³/mol. The Bertz CT molecular complexity index is 501. The van der Waals surface area contributed by atoms with E-state index in [1.807, 2.05) is 13.8 Å². The van der Waals surface area contributed by atoms with Gasteiger partial charge in [-0.2, -0.15) is 0 Å². The second-order valence-corrected chi connectivity index (χ2v) is 5.12. The second kappa shape index (κ2) is 6.03. The average molecular weight is 278 g/mol. The first-order valence-corrected chi connectivity index (χ1v) is 6.86. The lowest BCUT2D eigenvalue weighted by Gasteiger charge is -2.38. The van der Waals surface area contributed by atoms with Gasteiger partial charge in [-0.25, -0.2) is 4.39 Å². The molecular formula is C15H19FN2O2. The maximum atomic E-state index is 12.9. The van der Waals surface area contributed by atoms with E-state index in [1.54, 1.807) is 17.0 Å². The molecule has 4 nitrogen and oxygen atoms in total. The number of benzene rings is 1. The quantitative estimate of drug-likeness (QED) is 0.907. The number of carbonyl (C=O) groups excluding carboxylic acids is 2. The normalized spacial score (nSPS) is 20.8. The van der Waals surface area contributed by atoms with Crippen LogP contribution in [0.2, 0.25) is 0 Å². The molecule has 108 valence electrons. The van der Waals surface area contributed by atoms with Crippen LogP contribution in [0.5, 0.6) is 0 Å².